The van der Waals surface area contributed by atoms with Crippen LogP contribution in [0.25, 0.3) is 16.7 Å². The van der Waals surface area contributed by atoms with Crippen molar-refractivity contribution in [3.8, 4) is 5.69 Å². The molecule has 0 amide bonds. The Kier molecular flexibility index (Phi) is 2.91. The summed E-state index contributed by atoms with van der Waals surface area (Å²) in [6, 6.07) is 2.32. The number of hydrogen-bond acceptors (Lipinski definition) is 3. The standard InChI is InChI=1S/C13H9F4N3O2/c1-5-3-7-6(2)9(4-8(14)10(7)22-5)20-11(13(15,16)17)18-19-12(20)21/h3-4H,1-2H3,(H,19,21). The third kappa shape index (κ3) is 2.00. The number of benzene rings is 1. The van der Waals surface area contributed by atoms with E-state index in [1.165, 1.54) is 13.0 Å². The van der Waals surface area contributed by atoms with Gasteiger partial charge in [0, 0.05) is 11.5 Å². The molecule has 0 bridgehead atoms. The highest BCUT2D eigenvalue weighted by Gasteiger charge is 2.39. The number of nitrogens with one attached hydrogen (secondary N) is 1. The molecule has 22 heavy (non-hydrogen) atoms. The van der Waals surface area contributed by atoms with Crippen molar-refractivity contribution in [2.45, 2.75) is 20.0 Å². The zero-order valence-corrected chi connectivity index (χ0v) is 11.4. The molecule has 3 aromatic rings. The minimum absolute atomic E-state index is 0.0659. The third-order valence-electron chi connectivity index (χ3n) is 3.29. The van der Waals surface area contributed by atoms with E-state index in [1.807, 2.05) is 0 Å². The van der Waals surface area contributed by atoms with Crippen LogP contribution in [0.3, 0.4) is 0 Å². The summed E-state index contributed by atoms with van der Waals surface area (Å²) in [6.45, 7) is 3.06. The van der Waals surface area contributed by atoms with Crippen LogP contribution in [-0.2, 0) is 6.18 Å². The number of rotatable bonds is 1. The van der Waals surface area contributed by atoms with E-state index < -0.39 is 23.5 Å². The van der Waals surface area contributed by atoms with Gasteiger partial charge in [0.2, 0.25) is 5.82 Å². The van der Waals surface area contributed by atoms with Crippen LogP contribution in [0.15, 0.2) is 21.3 Å². The van der Waals surface area contributed by atoms with Crippen molar-refractivity contribution in [3.05, 3.63) is 45.6 Å². The van der Waals surface area contributed by atoms with E-state index in [9.17, 15) is 22.4 Å². The Morgan fingerprint density at radius 2 is 1.95 bits per heavy atom. The number of aromatic amines is 1. The molecule has 0 aliphatic heterocycles. The summed E-state index contributed by atoms with van der Waals surface area (Å²) in [5.41, 5.74) is -1.13. The van der Waals surface area contributed by atoms with Crippen LogP contribution in [0.2, 0.25) is 0 Å². The van der Waals surface area contributed by atoms with Crippen LogP contribution in [-0.4, -0.2) is 14.8 Å². The van der Waals surface area contributed by atoms with E-state index in [1.54, 1.807) is 12.0 Å². The van der Waals surface area contributed by atoms with Gasteiger partial charge >= 0.3 is 11.9 Å². The molecule has 1 N–H and O–H groups in total. The molecule has 116 valence electrons. The summed E-state index contributed by atoms with van der Waals surface area (Å²) in [5, 5.41) is 5.01. The van der Waals surface area contributed by atoms with Gasteiger partial charge < -0.3 is 4.42 Å². The first kappa shape index (κ1) is 14.4. The Balaban J connectivity index is 2.39. The molecule has 9 heteroatoms. The average Bonchev–Trinajstić information content (AvgIpc) is 2.97. The number of alkyl halides is 3. The maximum Gasteiger partial charge on any atom is 0.452 e. The molecule has 0 unspecified atom stereocenters. The lowest BCUT2D eigenvalue weighted by atomic mass is 10.1. The second kappa shape index (κ2) is 4.46. The smallest absolute Gasteiger partial charge is 0.452 e. The molecule has 2 heterocycles. The lowest BCUT2D eigenvalue weighted by Crippen LogP contribution is -2.22. The number of fused-ring (bicyclic) bond motifs is 1. The fourth-order valence-corrected chi connectivity index (χ4v) is 2.34. The zero-order valence-electron chi connectivity index (χ0n) is 11.4. The molecule has 0 saturated carbocycles. The van der Waals surface area contributed by atoms with Gasteiger partial charge in [-0.1, -0.05) is 0 Å². The Morgan fingerprint density at radius 1 is 1.27 bits per heavy atom. The quantitative estimate of drug-likeness (QED) is 0.702. The van der Waals surface area contributed by atoms with Gasteiger partial charge in [0.25, 0.3) is 0 Å². The maximum atomic E-state index is 14.1. The predicted octanol–water partition coefficient (Wildman–Crippen LogP) is 3.08. The summed E-state index contributed by atoms with van der Waals surface area (Å²) >= 11 is 0. The van der Waals surface area contributed by atoms with Crippen molar-refractivity contribution >= 4 is 11.0 Å². The van der Waals surface area contributed by atoms with Crippen LogP contribution in [0.5, 0.6) is 0 Å². The van der Waals surface area contributed by atoms with Gasteiger partial charge in [-0.15, -0.1) is 5.10 Å². The van der Waals surface area contributed by atoms with E-state index in [0.29, 0.717) is 15.7 Å². The number of aryl methyl sites for hydroxylation is 2. The van der Waals surface area contributed by atoms with Gasteiger partial charge in [-0.2, -0.15) is 13.2 Å². The molecule has 0 aliphatic rings. The van der Waals surface area contributed by atoms with Crippen molar-refractivity contribution in [2.24, 2.45) is 0 Å². The second-order valence-electron chi connectivity index (χ2n) is 4.79. The first-order valence-electron chi connectivity index (χ1n) is 6.14. The van der Waals surface area contributed by atoms with Crippen LogP contribution >= 0.6 is 0 Å². The number of aromatic nitrogens is 3. The highest BCUT2D eigenvalue weighted by atomic mass is 19.4. The van der Waals surface area contributed by atoms with Crippen molar-refractivity contribution in [1.29, 1.82) is 0 Å². The monoisotopic (exact) mass is 315 g/mol. The molecule has 0 saturated heterocycles. The molecule has 5 nitrogen and oxygen atoms in total. The SMILES string of the molecule is Cc1cc2c(C)c(-n3c(C(F)(F)F)n[nH]c3=O)cc(F)c2o1. The van der Waals surface area contributed by atoms with Crippen LogP contribution in [0.1, 0.15) is 17.1 Å². The number of hydrogen-bond donors (Lipinski definition) is 1. The van der Waals surface area contributed by atoms with E-state index in [-0.39, 0.29) is 16.8 Å². The molecule has 0 atom stereocenters. The fraction of sp³-hybridized carbons (Fsp3) is 0.231. The maximum absolute atomic E-state index is 14.1. The Morgan fingerprint density at radius 3 is 2.59 bits per heavy atom. The van der Waals surface area contributed by atoms with Crippen molar-refractivity contribution < 1.29 is 22.0 Å². The van der Waals surface area contributed by atoms with Crippen molar-refractivity contribution in [1.82, 2.24) is 14.8 Å². The molecule has 3 rings (SSSR count). The van der Waals surface area contributed by atoms with Crippen molar-refractivity contribution in [2.75, 3.05) is 0 Å². The molecular weight excluding hydrogens is 306 g/mol. The third-order valence-corrected chi connectivity index (χ3v) is 3.29. The minimum atomic E-state index is -4.86. The molecule has 0 aliphatic carbocycles. The van der Waals surface area contributed by atoms with Gasteiger partial charge in [0.1, 0.15) is 5.76 Å². The van der Waals surface area contributed by atoms with Gasteiger partial charge in [-0.3, -0.25) is 0 Å². The fourth-order valence-electron chi connectivity index (χ4n) is 2.34. The van der Waals surface area contributed by atoms with Crippen LogP contribution < -0.4 is 5.69 Å². The predicted molar refractivity (Wildman–Crippen MR) is 68.4 cm³/mol. The van der Waals surface area contributed by atoms with E-state index in [2.05, 4.69) is 5.10 Å². The van der Waals surface area contributed by atoms with Crippen LogP contribution in [0.4, 0.5) is 17.6 Å². The first-order chi connectivity index (χ1) is 10.2. The van der Waals surface area contributed by atoms with Gasteiger partial charge in [0.05, 0.1) is 5.69 Å². The summed E-state index contributed by atoms with van der Waals surface area (Å²) in [7, 11) is 0. The lowest BCUT2D eigenvalue weighted by molar-refractivity contribution is -0.146. The van der Waals surface area contributed by atoms with Gasteiger partial charge in [-0.25, -0.2) is 18.9 Å². The van der Waals surface area contributed by atoms with Crippen molar-refractivity contribution in [3.63, 3.8) is 0 Å². The molecule has 1 aromatic carbocycles. The summed E-state index contributed by atoms with van der Waals surface area (Å²) in [6.07, 6.45) is -4.86. The number of halogens is 4. The molecule has 2 aromatic heterocycles. The minimum Gasteiger partial charge on any atom is -0.458 e. The first-order valence-corrected chi connectivity index (χ1v) is 6.14. The van der Waals surface area contributed by atoms with Crippen LogP contribution in [0, 0.1) is 19.7 Å². The second-order valence-corrected chi connectivity index (χ2v) is 4.79. The van der Waals surface area contributed by atoms with E-state index >= 15 is 0 Å². The van der Waals surface area contributed by atoms with Gasteiger partial charge in [-0.05, 0) is 25.5 Å². The average molecular weight is 315 g/mol. The Labute approximate surface area is 120 Å². The van der Waals surface area contributed by atoms with E-state index in [4.69, 9.17) is 4.42 Å². The highest BCUT2D eigenvalue weighted by molar-refractivity contribution is 5.85. The summed E-state index contributed by atoms with van der Waals surface area (Å²) in [4.78, 5) is 11.7. The van der Waals surface area contributed by atoms with Gasteiger partial charge in [0.15, 0.2) is 11.4 Å². The summed E-state index contributed by atoms with van der Waals surface area (Å²) in [5.74, 6) is -1.89. The highest BCUT2D eigenvalue weighted by Crippen LogP contribution is 2.33. The number of nitrogens with zero attached hydrogens (tertiary/aromatic N) is 2. The Bertz CT molecular complexity index is 933. The normalized spacial score (nSPS) is 12.3. The van der Waals surface area contributed by atoms with E-state index in [0.717, 1.165) is 6.07 Å². The topological polar surface area (TPSA) is 63.8 Å². The molecular formula is C13H9F4N3O2. The largest absolute Gasteiger partial charge is 0.458 e. The Hall–Kier alpha value is -2.58. The summed E-state index contributed by atoms with van der Waals surface area (Å²) < 4.78 is 58.4. The lowest BCUT2D eigenvalue weighted by Gasteiger charge is -2.11. The zero-order chi connectivity index (χ0) is 16.2. The number of H-pyrrole nitrogens is 1. The molecule has 0 radical (unpaired) electrons. The molecule has 0 spiro atoms. The number of furan rings is 1. The molecule has 0 fully saturated rings.